The second kappa shape index (κ2) is 9.12. The topological polar surface area (TPSA) is 47.9 Å². The predicted molar refractivity (Wildman–Crippen MR) is 121 cm³/mol. The monoisotopic (exact) mass is 401 g/mol. The van der Waals surface area contributed by atoms with E-state index in [1.54, 1.807) is 0 Å². The molecular formula is C26H27NO3. The fourth-order valence-corrected chi connectivity index (χ4v) is 4.12. The van der Waals surface area contributed by atoms with Gasteiger partial charge in [0.15, 0.2) is 0 Å². The molecule has 1 aliphatic rings. The Labute approximate surface area is 177 Å². The van der Waals surface area contributed by atoms with Gasteiger partial charge in [-0.05, 0) is 39.9 Å². The second-order valence-corrected chi connectivity index (χ2v) is 7.59. The average Bonchev–Trinajstić information content (AvgIpc) is 3.33. The summed E-state index contributed by atoms with van der Waals surface area (Å²) in [6, 6.07) is 20.9. The van der Waals surface area contributed by atoms with Gasteiger partial charge in [0.25, 0.3) is 0 Å². The quantitative estimate of drug-likeness (QED) is 0.475. The lowest BCUT2D eigenvalue weighted by atomic mass is 9.88. The lowest BCUT2D eigenvalue weighted by Gasteiger charge is -2.18. The number of benzene rings is 3. The molecule has 3 aromatic carbocycles. The third-order valence-corrected chi connectivity index (χ3v) is 5.67. The van der Waals surface area contributed by atoms with Crippen molar-refractivity contribution >= 4 is 22.6 Å². The molecule has 0 N–H and O–H groups in total. The van der Waals surface area contributed by atoms with Crippen LogP contribution in [0, 0.1) is 0 Å². The van der Waals surface area contributed by atoms with Crippen molar-refractivity contribution in [1.29, 1.82) is 0 Å². The number of methoxy groups -OCH3 is 1. The number of ether oxygens (including phenoxy) is 2. The Morgan fingerprint density at radius 1 is 1.07 bits per heavy atom. The molecule has 0 fully saturated rings. The minimum atomic E-state index is -0.280. The Morgan fingerprint density at radius 3 is 2.67 bits per heavy atom. The average molecular weight is 402 g/mol. The third kappa shape index (κ3) is 3.95. The molecule has 30 heavy (non-hydrogen) atoms. The minimum Gasteiger partial charge on any atom is -0.475 e. The van der Waals surface area contributed by atoms with Crippen molar-refractivity contribution in [1.82, 2.24) is 0 Å². The second-order valence-electron chi connectivity index (χ2n) is 7.59. The number of fused-ring (bicyclic) bond motifs is 1. The van der Waals surface area contributed by atoms with Crippen molar-refractivity contribution in [2.45, 2.75) is 32.1 Å². The lowest BCUT2D eigenvalue weighted by Crippen LogP contribution is -2.15. The largest absolute Gasteiger partial charge is 0.475 e. The van der Waals surface area contributed by atoms with Gasteiger partial charge in [-0.3, -0.25) is 4.79 Å². The van der Waals surface area contributed by atoms with Gasteiger partial charge >= 0.3 is 5.97 Å². The Bertz CT molecular complexity index is 1080. The number of nitrogens with zero attached hydrogens (tertiary/aromatic N) is 1. The van der Waals surface area contributed by atoms with Gasteiger partial charge in [0, 0.05) is 5.56 Å². The van der Waals surface area contributed by atoms with Crippen LogP contribution in [0.4, 0.5) is 0 Å². The SMILES string of the molecule is CCCC[C@H](C(=O)OC)c1ccc(-c2cccc3ccccc23)c(C2=NCCO2)c1. The van der Waals surface area contributed by atoms with Crippen molar-refractivity contribution in [2.75, 3.05) is 20.3 Å². The van der Waals surface area contributed by atoms with Gasteiger partial charge < -0.3 is 9.47 Å². The first-order valence-corrected chi connectivity index (χ1v) is 10.6. The van der Waals surface area contributed by atoms with E-state index in [0.29, 0.717) is 19.0 Å². The molecule has 4 rings (SSSR count). The van der Waals surface area contributed by atoms with Gasteiger partial charge in [0.2, 0.25) is 5.90 Å². The standard InChI is InChI=1S/C26H27NO3/c1-3-4-10-21(26(28)29-2)19-13-14-23(24(17-19)25-27-15-16-30-25)22-12-7-9-18-8-5-6-11-20(18)22/h5-9,11-14,17,21H,3-4,10,15-16H2,1-2H3/t21-/m0/s1. The van der Waals surface area contributed by atoms with Crippen molar-refractivity contribution in [2.24, 2.45) is 4.99 Å². The fourth-order valence-electron chi connectivity index (χ4n) is 4.12. The normalized spacial score (nSPS) is 14.3. The fraction of sp³-hybridized carbons (Fsp3) is 0.308. The lowest BCUT2D eigenvalue weighted by molar-refractivity contribution is -0.142. The van der Waals surface area contributed by atoms with E-state index in [1.807, 2.05) is 6.07 Å². The van der Waals surface area contributed by atoms with Crippen LogP contribution in [0.5, 0.6) is 0 Å². The van der Waals surface area contributed by atoms with Crippen molar-refractivity contribution in [3.8, 4) is 11.1 Å². The molecule has 154 valence electrons. The van der Waals surface area contributed by atoms with Crippen LogP contribution >= 0.6 is 0 Å². The molecule has 3 aromatic rings. The Morgan fingerprint density at radius 2 is 1.90 bits per heavy atom. The minimum absolute atomic E-state index is 0.193. The molecule has 0 amide bonds. The van der Waals surface area contributed by atoms with E-state index in [-0.39, 0.29) is 11.9 Å². The molecule has 1 aliphatic heterocycles. The number of esters is 1. The first-order chi connectivity index (χ1) is 14.7. The number of unbranched alkanes of at least 4 members (excludes halogenated alkanes) is 1. The van der Waals surface area contributed by atoms with E-state index < -0.39 is 0 Å². The molecule has 4 heteroatoms. The summed E-state index contributed by atoms with van der Waals surface area (Å²) >= 11 is 0. The molecule has 0 radical (unpaired) electrons. The summed E-state index contributed by atoms with van der Waals surface area (Å²) < 4.78 is 11.0. The zero-order chi connectivity index (χ0) is 20.9. The van der Waals surface area contributed by atoms with E-state index in [9.17, 15) is 4.79 Å². The van der Waals surface area contributed by atoms with E-state index in [2.05, 4.69) is 66.5 Å². The summed E-state index contributed by atoms with van der Waals surface area (Å²) in [7, 11) is 1.46. The zero-order valence-electron chi connectivity index (χ0n) is 17.6. The molecule has 0 aromatic heterocycles. The number of hydrogen-bond acceptors (Lipinski definition) is 4. The Kier molecular flexibility index (Phi) is 6.12. The van der Waals surface area contributed by atoms with Gasteiger partial charge in [-0.25, -0.2) is 4.99 Å². The Balaban J connectivity index is 1.86. The first-order valence-electron chi connectivity index (χ1n) is 10.6. The van der Waals surface area contributed by atoms with E-state index in [4.69, 9.17) is 9.47 Å². The molecule has 0 saturated carbocycles. The number of carbonyl (C=O) groups excluding carboxylic acids is 1. The van der Waals surface area contributed by atoms with Crippen molar-refractivity contribution in [3.63, 3.8) is 0 Å². The summed E-state index contributed by atoms with van der Waals surface area (Å²) in [4.78, 5) is 17.1. The van der Waals surface area contributed by atoms with Crippen LogP contribution in [-0.2, 0) is 14.3 Å². The van der Waals surface area contributed by atoms with Crippen LogP contribution in [0.25, 0.3) is 21.9 Å². The maximum absolute atomic E-state index is 12.5. The van der Waals surface area contributed by atoms with Crippen LogP contribution in [0.2, 0.25) is 0 Å². The zero-order valence-corrected chi connectivity index (χ0v) is 17.6. The highest BCUT2D eigenvalue weighted by atomic mass is 16.5. The van der Waals surface area contributed by atoms with Crippen LogP contribution in [-0.4, -0.2) is 32.1 Å². The molecule has 0 aliphatic carbocycles. The summed E-state index contributed by atoms with van der Waals surface area (Å²) in [6.45, 7) is 3.38. The summed E-state index contributed by atoms with van der Waals surface area (Å²) in [6.07, 6.45) is 2.77. The van der Waals surface area contributed by atoms with Gasteiger partial charge in [-0.1, -0.05) is 74.4 Å². The molecule has 1 atom stereocenters. The number of aliphatic imine (C=N–C) groups is 1. The summed E-state index contributed by atoms with van der Waals surface area (Å²) in [5.74, 6) is 0.178. The van der Waals surface area contributed by atoms with Gasteiger partial charge in [-0.15, -0.1) is 0 Å². The van der Waals surface area contributed by atoms with Gasteiger partial charge in [-0.2, -0.15) is 0 Å². The number of rotatable bonds is 7. The molecule has 4 nitrogen and oxygen atoms in total. The summed E-state index contributed by atoms with van der Waals surface area (Å²) in [5.41, 5.74) is 4.09. The number of hydrogen-bond donors (Lipinski definition) is 0. The van der Waals surface area contributed by atoms with Crippen molar-refractivity contribution in [3.05, 3.63) is 71.8 Å². The van der Waals surface area contributed by atoms with E-state index in [0.717, 1.165) is 41.5 Å². The third-order valence-electron chi connectivity index (χ3n) is 5.67. The highest BCUT2D eigenvalue weighted by molar-refractivity contribution is 6.06. The molecule has 1 heterocycles. The van der Waals surface area contributed by atoms with Gasteiger partial charge in [0.1, 0.15) is 6.61 Å². The molecule has 0 unspecified atom stereocenters. The van der Waals surface area contributed by atoms with Crippen molar-refractivity contribution < 1.29 is 14.3 Å². The summed E-state index contributed by atoms with van der Waals surface area (Å²) in [5, 5.41) is 2.37. The van der Waals surface area contributed by atoms with Crippen LogP contribution in [0.3, 0.4) is 0 Å². The highest BCUT2D eigenvalue weighted by Gasteiger charge is 2.24. The maximum Gasteiger partial charge on any atom is 0.313 e. The first kappa shape index (κ1) is 20.1. The molecular weight excluding hydrogens is 374 g/mol. The highest BCUT2D eigenvalue weighted by Crippen LogP contribution is 2.35. The predicted octanol–water partition coefficient (Wildman–Crippen LogP) is 5.73. The molecule has 0 spiro atoms. The maximum atomic E-state index is 12.5. The smallest absolute Gasteiger partial charge is 0.313 e. The van der Waals surface area contributed by atoms with E-state index >= 15 is 0 Å². The van der Waals surface area contributed by atoms with Gasteiger partial charge in [0.05, 0.1) is 19.6 Å². The van der Waals surface area contributed by atoms with Crippen LogP contribution < -0.4 is 0 Å². The molecule has 0 saturated heterocycles. The Hall–Kier alpha value is -3.14. The van der Waals surface area contributed by atoms with Crippen LogP contribution in [0.15, 0.2) is 65.7 Å². The molecule has 0 bridgehead atoms. The van der Waals surface area contributed by atoms with E-state index in [1.165, 1.54) is 17.9 Å². The van der Waals surface area contributed by atoms with Crippen LogP contribution in [0.1, 0.15) is 43.2 Å². The number of carbonyl (C=O) groups is 1.